The fourth-order valence-corrected chi connectivity index (χ4v) is 5.23. The van der Waals surface area contributed by atoms with Gasteiger partial charge < -0.3 is 4.90 Å². The van der Waals surface area contributed by atoms with Crippen molar-refractivity contribution in [2.75, 3.05) is 49.9 Å². The van der Waals surface area contributed by atoms with Crippen molar-refractivity contribution in [3.05, 3.63) is 18.5 Å². The second-order valence-electron chi connectivity index (χ2n) is 7.06. The third-order valence-corrected chi connectivity index (χ3v) is 6.66. The van der Waals surface area contributed by atoms with Gasteiger partial charge in [-0.1, -0.05) is 12.8 Å². The smallest absolute Gasteiger partial charge is 0.225 e. The van der Waals surface area contributed by atoms with Gasteiger partial charge in [0.1, 0.15) is 0 Å². The van der Waals surface area contributed by atoms with Gasteiger partial charge in [0.2, 0.25) is 16.0 Å². The van der Waals surface area contributed by atoms with E-state index in [2.05, 4.69) is 24.5 Å². The maximum Gasteiger partial charge on any atom is 0.225 e. The van der Waals surface area contributed by atoms with Crippen LogP contribution in [0.25, 0.3) is 0 Å². The predicted octanol–water partition coefficient (Wildman–Crippen LogP) is 1.10. The summed E-state index contributed by atoms with van der Waals surface area (Å²) in [6.07, 6.45) is 8.89. The Morgan fingerprint density at radius 1 is 1.08 bits per heavy atom. The van der Waals surface area contributed by atoms with Gasteiger partial charge in [-0.25, -0.2) is 23.1 Å². The van der Waals surface area contributed by atoms with Crippen molar-refractivity contribution in [2.45, 2.75) is 32.1 Å². The molecule has 1 aromatic heterocycles. The van der Waals surface area contributed by atoms with E-state index in [1.54, 1.807) is 12.4 Å². The van der Waals surface area contributed by atoms with Crippen LogP contribution in [0, 0.1) is 5.92 Å². The van der Waals surface area contributed by atoms with Crippen LogP contribution in [0.5, 0.6) is 0 Å². The highest BCUT2D eigenvalue weighted by atomic mass is 32.2. The van der Waals surface area contributed by atoms with Crippen LogP contribution in [0.4, 0.5) is 5.95 Å². The Bertz CT molecular complexity index is 611. The normalized spacial score (nSPS) is 20.2. The van der Waals surface area contributed by atoms with Gasteiger partial charge in [0.05, 0.1) is 5.75 Å². The van der Waals surface area contributed by atoms with E-state index in [9.17, 15) is 8.42 Å². The molecule has 0 atom stereocenters. The molecule has 25 heavy (non-hydrogen) atoms. The molecule has 0 spiro atoms. The zero-order valence-corrected chi connectivity index (χ0v) is 15.6. The zero-order valence-electron chi connectivity index (χ0n) is 14.8. The monoisotopic (exact) mass is 367 g/mol. The quantitative estimate of drug-likeness (QED) is 0.693. The first-order chi connectivity index (χ1) is 12.1. The molecule has 2 fully saturated rings. The van der Waals surface area contributed by atoms with Gasteiger partial charge in [0.15, 0.2) is 0 Å². The van der Waals surface area contributed by atoms with E-state index in [0.29, 0.717) is 18.2 Å². The number of piperazine rings is 1. The van der Waals surface area contributed by atoms with Crippen molar-refractivity contribution >= 4 is 16.0 Å². The lowest BCUT2D eigenvalue weighted by Crippen LogP contribution is -2.47. The number of aromatic nitrogens is 2. The molecule has 2 aliphatic rings. The molecule has 0 bridgehead atoms. The summed E-state index contributed by atoms with van der Waals surface area (Å²) in [5.41, 5.74) is 0. The van der Waals surface area contributed by atoms with E-state index in [1.807, 2.05) is 6.07 Å². The maximum atomic E-state index is 12.1. The Balaban J connectivity index is 1.31. The van der Waals surface area contributed by atoms with E-state index in [-0.39, 0.29) is 0 Å². The average Bonchev–Trinajstić information content (AvgIpc) is 3.12. The van der Waals surface area contributed by atoms with Crippen LogP contribution in [0.2, 0.25) is 0 Å². The standard InChI is InChI=1S/C17H29N5O2S/c23-25(24,15-16-5-1-2-6-16)20-9-4-10-21-11-13-22(14-12-21)17-18-7-3-8-19-17/h3,7-8,16,20H,1-2,4-6,9-15H2. The molecule has 1 saturated heterocycles. The van der Waals surface area contributed by atoms with Crippen LogP contribution < -0.4 is 9.62 Å². The van der Waals surface area contributed by atoms with Gasteiger partial charge in [-0.2, -0.15) is 0 Å². The molecule has 1 aliphatic carbocycles. The molecule has 1 saturated carbocycles. The number of nitrogens with one attached hydrogen (secondary N) is 1. The molecular formula is C17H29N5O2S. The number of rotatable bonds is 8. The van der Waals surface area contributed by atoms with E-state index in [0.717, 1.165) is 57.9 Å². The maximum absolute atomic E-state index is 12.1. The lowest BCUT2D eigenvalue weighted by molar-refractivity contribution is 0.254. The number of hydrogen-bond acceptors (Lipinski definition) is 6. The molecule has 8 heteroatoms. The fourth-order valence-electron chi connectivity index (χ4n) is 3.70. The molecule has 7 nitrogen and oxygen atoms in total. The highest BCUT2D eigenvalue weighted by Gasteiger charge is 2.22. The zero-order chi connectivity index (χ0) is 17.5. The summed E-state index contributed by atoms with van der Waals surface area (Å²) in [4.78, 5) is 13.2. The summed E-state index contributed by atoms with van der Waals surface area (Å²) in [7, 11) is -3.11. The highest BCUT2D eigenvalue weighted by Crippen LogP contribution is 2.25. The highest BCUT2D eigenvalue weighted by molar-refractivity contribution is 7.89. The van der Waals surface area contributed by atoms with Crippen LogP contribution in [0.1, 0.15) is 32.1 Å². The summed E-state index contributed by atoms with van der Waals surface area (Å²) in [6, 6.07) is 1.83. The molecule has 0 amide bonds. The van der Waals surface area contributed by atoms with Crippen LogP contribution in [0.3, 0.4) is 0 Å². The summed E-state index contributed by atoms with van der Waals surface area (Å²) >= 11 is 0. The molecule has 2 heterocycles. The molecule has 1 aliphatic heterocycles. The number of nitrogens with zero attached hydrogens (tertiary/aromatic N) is 4. The first-order valence-electron chi connectivity index (χ1n) is 9.34. The SMILES string of the molecule is O=S(=O)(CC1CCCC1)NCCCN1CCN(c2ncccn2)CC1. The summed E-state index contributed by atoms with van der Waals surface area (Å²) in [5, 5.41) is 0. The summed E-state index contributed by atoms with van der Waals surface area (Å²) < 4.78 is 27.0. The Kier molecular flexibility index (Phi) is 6.61. The van der Waals surface area contributed by atoms with E-state index < -0.39 is 10.0 Å². The lowest BCUT2D eigenvalue weighted by atomic mass is 10.1. The van der Waals surface area contributed by atoms with Gasteiger partial charge in [0.25, 0.3) is 0 Å². The third kappa shape index (κ3) is 5.90. The van der Waals surface area contributed by atoms with Crippen molar-refractivity contribution in [1.82, 2.24) is 19.6 Å². The number of hydrogen-bond donors (Lipinski definition) is 1. The van der Waals surface area contributed by atoms with Crippen molar-refractivity contribution in [2.24, 2.45) is 5.92 Å². The fraction of sp³-hybridized carbons (Fsp3) is 0.765. The molecule has 1 aromatic rings. The van der Waals surface area contributed by atoms with Crippen LogP contribution in [0.15, 0.2) is 18.5 Å². The minimum absolute atomic E-state index is 0.308. The molecular weight excluding hydrogens is 338 g/mol. The van der Waals surface area contributed by atoms with Crippen molar-refractivity contribution in [3.8, 4) is 0 Å². The topological polar surface area (TPSA) is 78.4 Å². The first-order valence-corrected chi connectivity index (χ1v) is 11.0. The summed E-state index contributed by atoms with van der Waals surface area (Å²) in [6.45, 7) is 5.22. The number of anilines is 1. The van der Waals surface area contributed by atoms with Crippen LogP contribution in [-0.4, -0.2) is 68.3 Å². The molecule has 0 unspecified atom stereocenters. The molecule has 0 aromatic carbocycles. The first kappa shape index (κ1) is 18.5. The minimum Gasteiger partial charge on any atom is -0.338 e. The summed E-state index contributed by atoms with van der Waals surface area (Å²) in [5.74, 6) is 1.47. The Hall–Kier alpha value is -1.25. The second kappa shape index (κ2) is 8.91. The third-order valence-electron chi connectivity index (χ3n) is 5.11. The molecule has 140 valence electrons. The molecule has 1 N–H and O–H groups in total. The minimum atomic E-state index is -3.11. The van der Waals surface area contributed by atoms with E-state index in [4.69, 9.17) is 0 Å². The Morgan fingerprint density at radius 3 is 2.44 bits per heavy atom. The van der Waals surface area contributed by atoms with Gasteiger partial charge >= 0.3 is 0 Å². The number of sulfonamides is 1. The Morgan fingerprint density at radius 2 is 1.76 bits per heavy atom. The van der Waals surface area contributed by atoms with E-state index >= 15 is 0 Å². The van der Waals surface area contributed by atoms with E-state index in [1.165, 1.54) is 12.8 Å². The van der Waals surface area contributed by atoms with Crippen molar-refractivity contribution < 1.29 is 8.42 Å². The van der Waals surface area contributed by atoms with Gasteiger partial charge in [-0.05, 0) is 37.8 Å². The predicted molar refractivity (Wildman–Crippen MR) is 99.0 cm³/mol. The molecule has 3 rings (SSSR count). The molecule has 0 radical (unpaired) electrons. The lowest BCUT2D eigenvalue weighted by Gasteiger charge is -2.34. The van der Waals surface area contributed by atoms with Gasteiger partial charge in [-0.3, -0.25) is 4.90 Å². The largest absolute Gasteiger partial charge is 0.338 e. The van der Waals surface area contributed by atoms with Crippen LogP contribution in [-0.2, 0) is 10.0 Å². The van der Waals surface area contributed by atoms with Gasteiger partial charge in [-0.15, -0.1) is 0 Å². The average molecular weight is 368 g/mol. The van der Waals surface area contributed by atoms with Crippen molar-refractivity contribution in [3.63, 3.8) is 0 Å². The van der Waals surface area contributed by atoms with Crippen LogP contribution >= 0.6 is 0 Å². The van der Waals surface area contributed by atoms with Gasteiger partial charge in [0, 0.05) is 45.1 Å². The van der Waals surface area contributed by atoms with Crippen molar-refractivity contribution in [1.29, 1.82) is 0 Å². The second-order valence-corrected chi connectivity index (χ2v) is 8.91. The Labute approximate surface area is 150 Å².